The lowest BCUT2D eigenvalue weighted by molar-refractivity contribution is -0.137. The highest BCUT2D eigenvalue weighted by atomic mass is 32.1. The highest BCUT2D eigenvalue weighted by molar-refractivity contribution is 7.14. The first-order chi connectivity index (χ1) is 13.4. The van der Waals surface area contributed by atoms with E-state index in [1.807, 2.05) is 18.4 Å². The molecule has 0 saturated heterocycles. The zero-order valence-corrected chi connectivity index (χ0v) is 16.0. The molecular weight excluding hydrogens is 387 g/mol. The number of guanidine groups is 1. The minimum Gasteiger partial charge on any atom is -0.356 e. The zero-order valence-electron chi connectivity index (χ0n) is 15.2. The molecule has 0 aliphatic rings. The van der Waals surface area contributed by atoms with Crippen molar-refractivity contribution in [1.29, 1.82) is 0 Å². The Bertz CT molecular complexity index is 964. The first-order valence-electron chi connectivity index (χ1n) is 8.49. The normalized spacial score (nSPS) is 12.1. The molecule has 0 atom stereocenters. The summed E-state index contributed by atoms with van der Waals surface area (Å²) in [4.78, 5) is 13.1. The average Bonchev–Trinajstić information content (AvgIpc) is 3.16. The molecule has 0 aliphatic heterocycles. The van der Waals surface area contributed by atoms with Gasteiger partial charge < -0.3 is 10.6 Å². The number of nitrogens with zero attached hydrogens (tertiary/aromatic N) is 3. The van der Waals surface area contributed by atoms with Gasteiger partial charge in [-0.2, -0.15) is 13.2 Å². The van der Waals surface area contributed by atoms with E-state index in [0.717, 1.165) is 18.7 Å². The number of hydrogen-bond acceptors (Lipinski definition) is 4. The van der Waals surface area contributed by atoms with Gasteiger partial charge in [0, 0.05) is 24.5 Å². The van der Waals surface area contributed by atoms with E-state index in [-0.39, 0.29) is 0 Å². The van der Waals surface area contributed by atoms with Gasteiger partial charge in [-0.05, 0) is 31.2 Å². The predicted octanol–water partition coefficient (Wildman–Crippen LogP) is 4.90. The highest BCUT2D eigenvalue weighted by Gasteiger charge is 2.30. The van der Waals surface area contributed by atoms with Crippen molar-refractivity contribution in [3.8, 4) is 22.6 Å². The lowest BCUT2D eigenvalue weighted by atomic mass is 10.1. The number of aliphatic imine (C=N–C) groups is 1. The summed E-state index contributed by atoms with van der Waals surface area (Å²) in [7, 11) is 1.68. The van der Waals surface area contributed by atoms with E-state index < -0.39 is 11.7 Å². The van der Waals surface area contributed by atoms with E-state index in [0.29, 0.717) is 33.7 Å². The second-order valence-electron chi connectivity index (χ2n) is 5.75. The van der Waals surface area contributed by atoms with Crippen molar-refractivity contribution >= 4 is 22.4 Å². The Morgan fingerprint density at radius 2 is 1.75 bits per heavy atom. The molecule has 146 valence electrons. The quantitative estimate of drug-likeness (QED) is 0.479. The molecule has 3 aromatic rings. The summed E-state index contributed by atoms with van der Waals surface area (Å²) in [5.41, 5.74) is 1.82. The minimum absolute atomic E-state index is 0.581. The lowest BCUT2D eigenvalue weighted by Crippen LogP contribution is -2.30. The van der Waals surface area contributed by atoms with Crippen molar-refractivity contribution in [1.82, 2.24) is 15.3 Å². The molecule has 5 nitrogen and oxygen atoms in total. The Hall–Kier alpha value is -2.94. The highest BCUT2D eigenvalue weighted by Crippen LogP contribution is 2.31. The van der Waals surface area contributed by atoms with Gasteiger partial charge >= 0.3 is 6.18 Å². The zero-order chi connectivity index (χ0) is 20.1. The SMILES string of the molecule is CCNC(=NC)Nc1nc(-c2cccc(-c3ccc(C(F)(F)F)cc3)n2)cs1. The number of benzene rings is 1. The molecule has 0 unspecified atom stereocenters. The van der Waals surface area contributed by atoms with Crippen molar-refractivity contribution < 1.29 is 13.2 Å². The fourth-order valence-corrected chi connectivity index (χ4v) is 3.17. The molecule has 2 heterocycles. The standard InChI is InChI=1S/C19H18F3N5S/c1-3-24-17(23-2)27-18-26-16(11-28-18)15-6-4-5-14(25-15)12-7-9-13(10-8-12)19(20,21)22/h4-11H,3H2,1-2H3,(H2,23,24,26,27). The van der Waals surface area contributed by atoms with Gasteiger partial charge in [-0.15, -0.1) is 11.3 Å². The molecule has 0 saturated carbocycles. The lowest BCUT2D eigenvalue weighted by Gasteiger charge is -2.08. The molecule has 28 heavy (non-hydrogen) atoms. The van der Waals surface area contributed by atoms with Crippen molar-refractivity contribution in [2.45, 2.75) is 13.1 Å². The molecule has 0 bridgehead atoms. The van der Waals surface area contributed by atoms with Crippen LogP contribution in [0, 0.1) is 0 Å². The van der Waals surface area contributed by atoms with Gasteiger partial charge in [-0.25, -0.2) is 9.97 Å². The molecule has 3 rings (SSSR count). The van der Waals surface area contributed by atoms with Gasteiger partial charge in [0.05, 0.1) is 17.0 Å². The fraction of sp³-hybridized carbons (Fsp3) is 0.211. The maximum absolute atomic E-state index is 12.7. The number of alkyl halides is 3. The van der Waals surface area contributed by atoms with Crippen LogP contribution in [0.3, 0.4) is 0 Å². The molecule has 0 amide bonds. The van der Waals surface area contributed by atoms with Gasteiger partial charge in [-0.1, -0.05) is 18.2 Å². The van der Waals surface area contributed by atoms with Crippen LogP contribution in [-0.2, 0) is 6.18 Å². The second kappa shape index (κ2) is 8.39. The van der Waals surface area contributed by atoms with Crippen molar-refractivity contribution in [3.63, 3.8) is 0 Å². The second-order valence-corrected chi connectivity index (χ2v) is 6.61. The number of rotatable bonds is 4. The number of pyridine rings is 1. The van der Waals surface area contributed by atoms with Crippen LogP contribution in [0.15, 0.2) is 52.8 Å². The molecule has 2 aromatic heterocycles. The largest absolute Gasteiger partial charge is 0.416 e. The van der Waals surface area contributed by atoms with E-state index in [9.17, 15) is 13.2 Å². The summed E-state index contributed by atoms with van der Waals surface area (Å²) in [6.45, 7) is 2.70. The molecule has 2 N–H and O–H groups in total. The van der Waals surface area contributed by atoms with Crippen molar-refractivity contribution in [2.75, 3.05) is 18.9 Å². The molecule has 0 aliphatic carbocycles. The number of nitrogens with one attached hydrogen (secondary N) is 2. The molecule has 1 aromatic carbocycles. The Morgan fingerprint density at radius 3 is 2.39 bits per heavy atom. The monoisotopic (exact) mass is 405 g/mol. The first-order valence-corrected chi connectivity index (χ1v) is 9.37. The Kier molecular flexibility index (Phi) is 5.93. The van der Waals surface area contributed by atoms with Crippen LogP contribution in [0.25, 0.3) is 22.6 Å². The van der Waals surface area contributed by atoms with Crippen LogP contribution in [0.2, 0.25) is 0 Å². The molecule has 0 fully saturated rings. The minimum atomic E-state index is -4.36. The average molecular weight is 405 g/mol. The molecular formula is C19H18F3N5S. The maximum Gasteiger partial charge on any atom is 0.416 e. The number of thiazole rings is 1. The van der Waals surface area contributed by atoms with Crippen LogP contribution in [-0.4, -0.2) is 29.5 Å². The number of aromatic nitrogens is 2. The summed E-state index contributed by atoms with van der Waals surface area (Å²) in [6, 6.07) is 10.3. The number of hydrogen-bond donors (Lipinski definition) is 2. The third-order valence-corrected chi connectivity index (χ3v) is 4.57. The van der Waals surface area contributed by atoms with Crippen LogP contribution < -0.4 is 10.6 Å². The number of anilines is 1. The van der Waals surface area contributed by atoms with Gasteiger partial charge in [0.2, 0.25) is 0 Å². The fourth-order valence-electron chi connectivity index (χ4n) is 2.46. The maximum atomic E-state index is 12.7. The van der Waals surface area contributed by atoms with Crippen LogP contribution in [0.4, 0.5) is 18.3 Å². The topological polar surface area (TPSA) is 62.2 Å². The van der Waals surface area contributed by atoms with Gasteiger partial charge in [0.15, 0.2) is 11.1 Å². The smallest absolute Gasteiger partial charge is 0.356 e. The first kappa shape index (κ1) is 19.8. The summed E-state index contributed by atoms with van der Waals surface area (Å²) in [5.74, 6) is 0.620. The van der Waals surface area contributed by atoms with Gasteiger partial charge in [0.1, 0.15) is 5.69 Å². The summed E-state index contributed by atoms with van der Waals surface area (Å²) >= 11 is 1.41. The summed E-state index contributed by atoms with van der Waals surface area (Å²) in [5, 5.41) is 8.71. The van der Waals surface area contributed by atoms with Crippen molar-refractivity contribution in [2.24, 2.45) is 4.99 Å². The van der Waals surface area contributed by atoms with Crippen molar-refractivity contribution in [3.05, 3.63) is 53.4 Å². The molecule has 0 spiro atoms. The molecule has 0 radical (unpaired) electrons. The Labute approximate surface area is 164 Å². The van der Waals surface area contributed by atoms with Crippen LogP contribution >= 0.6 is 11.3 Å². The predicted molar refractivity (Wildman–Crippen MR) is 106 cm³/mol. The van der Waals surface area contributed by atoms with Crippen LogP contribution in [0.5, 0.6) is 0 Å². The van der Waals surface area contributed by atoms with E-state index in [1.54, 1.807) is 19.2 Å². The Balaban J connectivity index is 1.82. The summed E-state index contributed by atoms with van der Waals surface area (Å²) < 4.78 is 38.2. The Morgan fingerprint density at radius 1 is 1.04 bits per heavy atom. The number of halogens is 3. The molecule has 9 heteroatoms. The third-order valence-electron chi connectivity index (χ3n) is 3.82. The van der Waals surface area contributed by atoms with E-state index in [4.69, 9.17) is 0 Å². The van der Waals surface area contributed by atoms with E-state index in [1.165, 1.54) is 23.5 Å². The third kappa shape index (κ3) is 4.66. The van der Waals surface area contributed by atoms with Gasteiger partial charge in [-0.3, -0.25) is 4.99 Å². The van der Waals surface area contributed by atoms with E-state index in [2.05, 4.69) is 25.6 Å². The van der Waals surface area contributed by atoms with Crippen LogP contribution in [0.1, 0.15) is 12.5 Å². The summed E-state index contributed by atoms with van der Waals surface area (Å²) in [6.07, 6.45) is -4.36. The van der Waals surface area contributed by atoms with E-state index >= 15 is 0 Å². The van der Waals surface area contributed by atoms with Gasteiger partial charge in [0.25, 0.3) is 0 Å².